The van der Waals surface area contributed by atoms with Crippen molar-refractivity contribution in [3.8, 4) is 0 Å². The quantitative estimate of drug-likeness (QED) is 0.787. The van der Waals surface area contributed by atoms with Crippen molar-refractivity contribution in [2.24, 2.45) is 5.41 Å². The van der Waals surface area contributed by atoms with Crippen LogP contribution in [-0.4, -0.2) is 73.6 Å². The average Bonchev–Trinajstić information content (AvgIpc) is 3.09. The van der Waals surface area contributed by atoms with Gasteiger partial charge in [-0.1, -0.05) is 30.3 Å². The van der Waals surface area contributed by atoms with E-state index in [9.17, 15) is 8.42 Å². The Kier molecular flexibility index (Phi) is 5.12. The van der Waals surface area contributed by atoms with Crippen LogP contribution in [0, 0.1) is 5.41 Å². The molecular weight excluding hydrogens is 346 g/mol. The Labute approximate surface area is 158 Å². The van der Waals surface area contributed by atoms with Gasteiger partial charge in [0.15, 0.2) is 0 Å². The molecule has 26 heavy (non-hydrogen) atoms. The Morgan fingerprint density at radius 3 is 2.38 bits per heavy atom. The zero-order valence-corrected chi connectivity index (χ0v) is 16.6. The van der Waals surface area contributed by atoms with Crippen LogP contribution in [0.4, 0.5) is 0 Å². The summed E-state index contributed by atoms with van der Waals surface area (Å²) in [6, 6.07) is 11.4. The summed E-state index contributed by atoms with van der Waals surface area (Å²) in [5.41, 5.74) is 1.64. The van der Waals surface area contributed by atoms with Gasteiger partial charge in [0.05, 0.1) is 5.75 Å². The first-order valence-corrected chi connectivity index (χ1v) is 11.6. The summed E-state index contributed by atoms with van der Waals surface area (Å²) in [4.78, 5) is 5.18. The predicted molar refractivity (Wildman–Crippen MR) is 104 cm³/mol. The van der Waals surface area contributed by atoms with Gasteiger partial charge in [0, 0.05) is 44.2 Å². The van der Waals surface area contributed by atoms with E-state index in [1.54, 1.807) is 11.2 Å². The monoisotopic (exact) mass is 377 g/mol. The van der Waals surface area contributed by atoms with Gasteiger partial charge in [-0.05, 0) is 44.8 Å². The van der Waals surface area contributed by atoms with Crippen LogP contribution in [0.15, 0.2) is 30.3 Å². The highest BCUT2D eigenvalue weighted by molar-refractivity contribution is 7.89. The number of sulfonamides is 1. The van der Waals surface area contributed by atoms with Crippen LogP contribution in [0.1, 0.15) is 31.7 Å². The lowest BCUT2D eigenvalue weighted by Gasteiger charge is -2.53. The fraction of sp³-hybridized carbons (Fsp3) is 0.700. The van der Waals surface area contributed by atoms with Crippen LogP contribution >= 0.6 is 0 Å². The normalized spacial score (nSPS) is 25.6. The first kappa shape index (κ1) is 18.4. The SMILES string of the molecule is CCS(=O)(=O)N1CCC2(CN(C3CCN(Cc4ccccc4)CC3)C2)C1. The van der Waals surface area contributed by atoms with Crippen molar-refractivity contribution in [1.82, 2.24) is 14.1 Å². The van der Waals surface area contributed by atoms with Gasteiger partial charge in [0.25, 0.3) is 0 Å². The fourth-order valence-electron chi connectivity index (χ4n) is 4.93. The van der Waals surface area contributed by atoms with Crippen LogP contribution in [0.2, 0.25) is 0 Å². The van der Waals surface area contributed by atoms with Gasteiger partial charge in [-0.25, -0.2) is 12.7 Å². The number of hydrogen-bond donors (Lipinski definition) is 0. The zero-order chi connectivity index (χ0) is 18.2. The molecule has 0 unspecified atom stereocenters. The van der Waals surface area contributed by atoms with E-state index < -0.39 is 10.0 Å². The minimum atomic E-state index is -3.02. The molecule has 3 heterocycles. The summed E-state index contributed by atoms with van der Waals surface area (Å²) < 4.78 is 25.9. The molecule has 144 valence electrons. The molecule has 1 spiro atoms. The van der Waals surface area contributed by atoms with E-state index >= 15 is 0 Å². The summed E-state index contributed by atoms with van der Waals surface area (Å²) >= 11 is 0. The molecule has 4 rings (SSSR count). The molecule has 1 aromatic carbocycles. The first-order valence-electron chi connectivity index (χ1n) is 9.98. The highest BCUT2D eigenvalue weighted by Gasteiger charge is 2.51. The van der Waals surface area contributed by atoms with Crippen molar-refractivity contribution in [3.05, 3.63) is 35.9 Å². The van der Waals surface area contributed by atoms with E-state index in [0.717, 1.165) is 39.1 Å². The smallest absolute Gasteiger partial charge is 0.213 e. The van der Waals surface area contributed by atoms with Gasteiger partial charge in [-0.2, -0.15) is 0 Å². The molecule has 0 radical (unpaired) electrons. The minimum Gasteiger partial charge on any atom is -0.299 e. The third kappa shape index (κ3) is 3.70. The van der Waals surface area contributed by atoms with Crippen LogP contribution in [0.5, 0.6) is 0 Å². The van der Waals surface area contributed by atoms with Gasteiger partial charge in [0.1, 0.15) is 0 Å². The highest BCUT2D eigenvalue weighted by Crippen LogP contribution is 2.42. The number of likely N-dealkylation sites (tertiary alicyclic amines) is 2. The van der Waals surface area contributed by atoms with Crippen molar-refractivity contribution >= 4 is 10.0 Å². The lowest BCUT2D eigenvalue weighted by Crippen LogP contribution is -2.62. The molecule has 0 N–H and O–H groups in total. The van der Waals surface area contributed by atoms with Crippen molar-refractivity contribution in [2.45, 2.75) is 38.8 Å². The second kappa shape index (κ2) is 7.23. The third-order valence-corrected chi connectivity index (χ3v) is 8.39. The lowest BCUT2D eigenvalue weighted by atomic mass is 9.77. The second-order valence-electron chi connectivity index (χ2n) is 8.38. The Balaban J connectivity index is 1.24. The standard InChI is InChI=1S/C20H31N3O2S/c1-2-26(24,25)23-13-10-20(17-23)15-22(16-20)19-8-11-21(12-9-19)14-18-6-4-3-5-7-18/h3-7,19H,2,8-17H2,1H3. The largest absolute Gasteiger partial charge is 0.299 e. The van der Waals surface area contributed by atoms with E-state index in [1.807, 2.05) is 0 Å². The fourth-order valence-corrected chi connectivity index (χ4v) is 6.14. The Morgan fingerprint density at radius 2 is 1.73 bits per heavy atom. The number of rotatable bonds is 5. The molecule has 0 bridgehead atoms. The molecule has 3 aliphatic heterocycles. The van der Waals surface area contributed by atoms with E-state index in [0.29, 0.717) is 6.04 Å². The van der Waals surface area contributed by atoms with Crippen molar-refractivity contribution < 1.29 is 8.42 Å². The summed E-state index contributed by atoms with van der Waals surface area (Å²) in [5, 5.41) is 0. The predicted octanol–water partition coefficient (Wildman–Crippen LogP) is 2.01. The second-order valence-corrected chi connectivity index (χ2v) is 10.6. The number of hydrogen-bond acceptors (Lipinski definition) is 4. The summed E-state index contributed by atoms with van der Waals surface area (Å²) in [6.45, 7) is 8.78. The maximum Gasteiger partial charge on any atom is 0.213 e. The van der Waals surface area contributed by atoms with Gasteiger partial charge < -0.3 is 0 Å². The molecule has 0 amide bonds. The van der Waals surface area contributed by atoms with Gasteiger partial charge >= 0.3 is 0 Å². The van der Waals surface area contributed by atoms with Gasteiger partial charge in [-0.3, -0.25) is 9.80 Å². The van der Waals surface area contributed by atoms with Crippen molar-refractivity contribution in [3.63, 3.8) is 0 Å². The number of piperidine rings is 1. The first-order chi connectivity index (χ1) is 12.5. The van der Waals surface area contributed by atoms with E-state index in [4.69, 9.17) is 0 Å². The van der Waals surface area contributed by atoms with Gasteiger partial charge in [-0.15, -0.1) is 0 Å². The molecule has 0 atom stereocenters. The number of benzene rings is 1. The Bertz CT molecular complexity index is 708. The molecule has 0 aromatic heterocycles. The molecule has 0 aliphatic carbocycles. The molecular formula is C20H31N3O2S. The number of nitrogens with zero attached hydrogens (tertiary/aromatic N) is 3. The molecule has 6 heteroatoms. The van der Waals surface area contributed by atoms with E-state index in [1.165, 1.54) is 31.5 Å². The molecule has 3 aliphatic rings. The third-order valence-electron chi connectivity index (χ3n) is 6.56. The van der Waals surface area contributed by atoms with Crippen LogP contribution in [0.3, 0.4) is 0 Å². The molecule has 3 saturated heterocycles. The zero-order valence-electron chi connectivity index (χ0n) is 15.8. The van der Waals surface area contributed by atoms with Crippen LogP contribution < -0.4 is 0 Å². The molecule has 0 saturated carbocycles. The van der Waals surface area contributed by atoms with Crippen LogP contribution in [-0.2, 0) is 16.6 Å². The van der Waals surface area contributed by atoms with Crippen molar-refractivity contribution in [2.75, 3.05) is 45.0 Å². The summed E-state index contributed by atoms with van der Waals surface area (Å²) in [6.07, 6.45) is 3.51. The van der Waals surface area contributed by atoms with Gasteiger partial charge in [0.2, 0.25) is 10.0 Å². The Hall–Kier alpha value is -0.950. The maximum absolute atomic E-state index is 12.1. The summed E-state index contributed by atoms with van der Waals surface area (Å²) in [7, 11) is -3.02. The lowest BCUT2D eigenvalue weighted by molar-refractivity contribution is -0.0396. The molecule has 5 nitrogen and oxygen atoms in total. The summed E-state index contributed by atoms with van der Waals surface area (Å²) in [5.74, 6) is 0.229. The highest BCUT2D eigenvalue weighted by atomic mass is 32.2. The molecule has 1 aromatic rings. The Morgan fingerprint density at radius 1 is 1.04 bits per heavy atom. The minimum absolute atomic E-state index is 0.229. The van der Waals surface area contributed by atoms with Crippen LogP contribution in [0.25, 0.3) is 0 Å². The van der Waals surface area contributed by atoms with E-state index in [-0.39, 0.29) is 11.2 Å². The van der Waals surface area contributed by atoms with Crippen molar-refractivity contribution in [1.29, 1.82) is 0 Å². The van der Waals surface area contributed by atoms with E-state index in [2.05, 4.69) is 40.1 Å². The maximum atomic E-state index is 12.1. The topological polar surface area (TPSA) is 43.9 Å². The molecule has 3 fully saturated rings. The average molecular weight is 378 g/mol.